The van der Waals surface area contributed by atoms with Crippen molar-refractivity contribution >= 4 is 23.4 Å². The molecule has 1 aliphatic rings. The third-order valence-corrected chi connectivity index (χ3v) is 2.70. The van der Waals surface area contributed by atoms with Crippen LogP contribution in [0.25, 0.3) is 0 Å². The van der Waals surface area contributed by atoms with Crippen molar-refractivity contribution in [2.24, 2.45) is 0 Å². The molecule has 1 aromatic rings. The lowest BCUT2D eigenvalue weighted by Crippen LogP contribution is -2.37. The fraction of sp³-hybridized carbons (Fsp3) is 0.545. The van der Waals surface area contributed by atoms with Gasteiger partial charge in [-0.1, -0.05) is 11.6 Å². The number of halogens is 1. The van der Waals surface area contributed by atoms with E-state index in [0.29, 0.717) is 11.4 Å². The Morgan fingerprint density at radius 2 is 2.17 bits per heavy atom. The number of hydrogen-bond acceptors (Lipinski definition) is 6. The summed E-state index contributed by atoms with van der Waals surface area (Å²) in [7, 11) is 0. The van der Waals surface area contributed by atoms with E-state index in [4.69, 9.17) is 16.3 Å². The van der Waals surface area contributed by atoms with Gasteiger partial charge in [0.25, 0.3) is 0 Å². The van der Waals surface area contributed by atoms with Crippen LogP contribution in [-0.4, -0.2) is 32.7 Å². The van der Waals surface area contributed by atoms with Gasteiger partial charge in [-0.2, -0.15) is 0 Å². The second-order valence-electron chi connectivity index (χ2n) is 5.03. The number of rotatable bonds is 1. The molecule has 7 heteroatoms. The first kappa shape index (κ1) is 13.0. The Morgan fingerprint density at radius 1 is 1.50 bits per heavy atom. The molecule has 0 bridgehead atoms. The molecular formula is C11H14ClN3O3. The van der Waals surface area contributed by atoms with Gasteiger partial charge >= 0.3 is 5.97 Å². The lowest BCUT2D eigenvalue weighted by Gasteiger charge is -2.23. The number of esters is 1. The number of fused-ring (bicyclic) bond motifs is 1. The predicted molar refractivity (Wildman–Crippen MR) is 65.3 cm³/mol. The Morgan fingerprint density at radius 3 is 2.72 bits per heavy atom. The number of aliphatic hydroxyl groups is 1. The molecule has 98 valence electrons. The molecule has 0 saturated heterocycles. The van der Waals surface area contributed by atoms with Crippen LogP contribution < -0.4 is 5.32 Å². The Hall–Kier alpha value is -1.40. The highest BCUT2D eigenvalue weighted by atomic mass is 35.5. The summed E-state index contributed by atoms with van der Waals surface area (Å²) < 4.78 is 5.21. The Kier molecular flexibility index (Phi) is 3.16. The zero-order chi connectivity index (χ0) is 13.5. The zero-order valence-electron chi connectivity index (χ0n) is 10.3. The van der Waals surface area contributed by atoms with Crippen molar-refractivity contribution in [3.05, 3.63) is 17.0 Å². The third kappa shape index (κ3) is 2.39. The topological polar surface area (TPSA) is 84.3 Å². The predicted octanol–water partition coefficient (Wildman–Crippen LogP) is 1.30. The average Bonchev–Trinajstić information content (AvgIpc) is 2.55. The van der Waals surface area contributed by atoms with Crippen LogP contribution in [0.15, 0.2) is 6.33 Å². The number of aliphatic hydroxyl groups excluding tert-OH is 1. The van der Waals surface area contributed by atoms with Gasteiger partial charge in [-0.15, -0.1) is 0 Å². The van der Waals surface area contributed by atoms with Gasteiger partial charge in [0, 0.05) is 0 Å². The molecule has 6 nitrogen and oxygen atoms in total. The molecule has 2 rings (SSSR count). The van der Waals surface area contributed by atoms with Crippen molar-refractivity contribution in [3.8, 4) is 0 Å². The highest BCUT2D eigenvalue weighted by Crippen LogP contribution is 2.37. The van der Waals surface area contributed by atoms with Crippen LogP contribution in [0, 0.1) is 0 Å². The average molecular weight is 272 g/mol. The summed E-state index contributed by atoms with van der Waals surface area (Å²) in [5.41, 5.74) is -0.294. The van der Waals surface area contributed by atoms with E-state index in [9.17, 15) is 9.90 Å². The molecule has 18 heavy (non-hydrogen) atoms. The highest BCUT2D eigenvalue weighted by molar-refractivity contribution is 6.30. The molecule has 0 amide bonds. The molecule has 2 atom stereocenters. The lowest BCUT2D eigenvalue weighted by atomic mass is 10.1. The van der Waals surface area contributed by atoms with Crippen LogP contribution >= 0.6 is 11.6 Å². The molecule has 2 heterocycles. The van der Waals surface area contributed by atoms with Crippen molar-refractivity contribution in [1.82, 2.24) is 9.97 Å². The van der Waals surface area contributed by atoms with Crippen LogP contribution in [0.5, 0.6) is 0 Å². The summed E-state index contributed by atoms with van der Waals surface area (Å²) in [6.07, 6.45) is 0.154. The Labute approximate surface area is 109 Å². The van der Waals surface area contributed by atoms with Gasteiger partial charge in [0.2, 0.25) is 0 Å². The molecule has 0 fully saturated rings. The molecule has 0 saturated carbocycles. The quantitative estimate of drug-likeness (QED) is 0.592. The minimum absolute atomic E-state index is 0.131. The summed E-state index contributed by atoms with van der Waals surface area (Å²) in [6.45, 7) is 5.27. The van der Waals surface area contributed by atoms with Gasteiger partial charge in [0.05, 0.1) is 5.56 Å². The van der Waals surface area contributed by atoms with E-state index >= 15 is 0 Å². The smallest absolute Gasteiger partial charge is 0.332 e. The second-order valence-corrected chi connectivity index (χ2v) is 5.39. The Bertz CT molecular complexity index is 487. The van der Waals surface area contributed by atoms with E-state index in [0.717, 1.165) is 0 Å². The first-order valence-electron chi connectivity index (χ1n) is 5.47. The molecule has 1 aromatic heterocycles. The number of anilines is 1. The van der Waals surface area contributed by atoms with Gasteiger partial charge in [-0.05, 0) is 20.8 Å². The molecule has 1 aliphatic heterocycles. The SMILES string of the molecule is CC(C)(C)OC(=O)[C@H]1Nc2ncnc(Cl)c2[C@H]1O. The van der Waals surface area contributed by atoms with Crippen molar-refractivity contribution in [1.29, 1.82) is 0 Å². The molecule has 0 spiro atoms. The Balaban J connectivity index is 2.22. The van der Waals surface area contributed by atoms with Crippen LogP contribution in [0.3, 0.4) is 0 Å². The normalized spacial score (nSPS) is 22.3. The molecule has 0 unspecified atom stereocenters. The largest absolute Gasteiger partial charge is 0.458 e. The number of ether oxygens (including phenoxy) is 1. The summed E-state index contributed by atoms with van der Waals surface area (Å²) in [5.74, 6) is -0.192. The second kappa shape index (κ2) is 4.37. The van der Waals surface area contributed by atoms with E-state index in [2.05, 4.69) is 15.3 Å². The van der Waals surface area contributed by atoms with Crippen molar-refractivity contribution in [2.45, 2.75) is 38.5 Å². The first-order valence-corrected chi connectivity index (χ1v) is 5.85. The molecule has 2 N–H and O–H groups in total. The fourth-order valence-electron chi connectivity index (χ4n) is 1.70. The van der Waals surface area contributed by atoms with Crippen LogP contribution in [-0.2, 0) is 9.53 Å². The molecule has 0 radical (unpaired) electrons. The van der Waals surface area contributed by atoms with Gasteiger partial charge in [-0.25, -0.2) is 14.8 Å². The van der Waals surface area contributed by atoms with E-state index in [-0.39, 0.29) is 5.15 Å². The maximum Gasteiger partial charge on any atom is 0.332 e. The van der Waals surface area contributed by atoms with Crippen molar-refractivity contribution in [2.75, 3.05) is 5.32 Å². The highest BCUT2D eigenvalue weighted by Gasteiger charge is 2.41. The van der Waals surface area contributed by atoms with Gasteiger partial charge < -0.3 is 15.2 Å². The van der Waals surface area contributed by atoms with Crippen molar-refractivity contribution in [3.63, 3.8) is 0 Å². The number of nitrogens with one attached hydrogen (secondary N) is 1. The maximum atomic E-state index is 11.9. The number of carbonyl (C=O) groups is 1. The van der Waals surface area contributed by atoms with Gasteiger partial charge in [0.15, 0.2) is 6.04 Å². The summed E-state index contributed by atoms with van der Waals surface area (Å²) in [5, 5.41) is 13.0. The number of carbonyl (C=O) groups excluding carboxylic acids is 1. The standard InChI is InChI=1S/C11H14ClN3O3/c1-11(2,3)18-10(17)6-7(16)5-8(12)13-4-14-9(5)15-6/h4,6-7,16H,1-3H3,(H,13,14,15)/t6-,7+/m0/s1. The molecule has 0 aromatic carbocycles. The third-order valence-electron chi connectivity index (χ3n) is 2.40. The minimum atomic E-state index is -1.11. The zero-order valence-corrected chi connectivity index (χ0v) is 11.0. The van der Waals surface area contributed by atoms with Gasteiger partial charge in [0.1, 0.15) is 29.0 Å². The van der Waals surface area contributed by atoms with Crippen molar-refractivity contribution < 1.29 is 14.6 Å². The van der Waals surface area contributed by atoms with Crippen LogP contribution in [0.1, 0.15) is 32.4 Å². The van der Waals surface area contributed by atoms with E-state index in [1.165, 1.54) is 6.33 Å². The summed E-state index contributed by atoms with van der Waals surface area (Å²) in [6, 6.07) is -0.909. The van der Waals surface area contributed by atoms with E-state index < -0.39 is 23.7 Å². The monoisotopic (exact) mass is 271 g/mol. The summed E-state index contributed by atoms with van der Waals surface area (Å²) in [4.78, 5) is 19.6. The van der Waals surface area contributed by atoms with E-state index in [1.807, 2.05) is 0 Å². The fourth-order valence-corrected chi connectivity index (χ4v) is 1.94. The number of aromatic nitrogens is 2. The lowest BCUT2D eigenvalue weighted by molar-refractivity contribution is -0.158. The van der Waals surface area contributed by atoms with Crippen LogP contribution in [0.2, 0.25) is 5.15 Å². The van der Waals surface area contributed by atoms with E-state index in [1.54, 1.807) is 20.8 Å². The number of hydrogen-bond donors (Lipinski definition) is 2. The first-order chi connectivity index (χ1) is 8.29. The number of nitrogens with zero attached hydrogens (tertiary/aromatic N) is 2. The minimum Gasteiger partial charge on any atom is -0.458 e. The summed E-state index contributed by atoms with van der Waals surface area (Å²) >= 11 is 5.86. The van der Waals surface area contributed by atoms with Gasteiger partial charge in [-0.3, -0.25) is 0 Å². The maximum absolute atomic E-state index is 11.9. The molecule has 0 aliphatic carbocycles. The van der Waals surface area contributed by atoms with Crippen LogP contribution in [0.4, 0.5) is 5.82 Å². The molecular weight excluding hydrogens is 258 g/mol.